The first-order chi connectivity index (χ1) is 23.2. The Morgan fingerprint density at radius 1 is 0.592 bits per heavy atom. The van der Waals surface area contributed by atoms with Crippen molar-refractivity contribution in [1.29, 1.82) is 0 Å². The first-order valence-electron chi connectivity index (χ1n) is 16.7. The lowest BCUT2D eigenvalue weighted by molar-refractivity contribution is -0.145. The zero-order valence-corrected chi connectivity index (χ0v) is 29.9. The molecule has 6 heteroatoms. The maximum Gasteiger partial charge on any atom is 0.333 e. The van der Waals surface area contributed by atoms with Crippen molar-refractivity contribution in [3.05, 3.63) is 142 Å². The minimum Gasteiger partial charge on any atom is -0.489 e. The van der Waals surface area contributed by atoms with Gasteiger partial charge in [-0.2, -0.15) is 0 Å². The molecule has 4 aromatic carbocycles. The molecule has 1 aliphatic carbocycles. The van der Waals surface area contributed by atoms with Crippen LogP contribution >= 0.6 is 0 Å². The molecule has 2 atom stereocenters. The molecule has 0 spiro atoms. The number of carbonyl (C=O) groups is 2. The minimum atomic E-state index is -0.622. The number of hydrogen-bond acceptors (Lipinski definition) is 6. The second kappa shape index (κ2) is 14.2. The third-order valence-corrected chi connectivity index (χ3v) is 9.06. The van der Waals surface area contributed by atoms with Gasteiger partial charge in [0.1, 0.15) is 36.9 Å². The Hall–Kier alpha value is -5.10. The van der Waals surface area contributed by atoms with E-state index >= 15 is 0 Å². The highest BCUT2D eigenvalue weighted by molar-refractivity contribution is 5.88. The van der Waals surface area contributed by atoms with Gasteiger partial charge < -0.3 is 18.9 Å². The fourth-order valence-electron chi connectivity index (χ4n) is 6.71. The third-order valence-electron chi connectivity index (χ3n) is 9.06. The molecule has 0 radical (unpaired) electrons. The predicted octanol–water partition coefficient (Wildman–Crippen LogP) is 9.06. The Labute approximate surface area is 290 Å². The Bertz CT molecular complexity index is 1810. The summed E-state index contributed by atoms with van der Waals surface area (Å²) in [7, 11) is 0. The second-order valence-electron chi connectivity index (χ2n) is 13.3. The van der Waals surface area contributed by atoms with E-state index in [2.05, 4.69) is 114 Å². The standard InChI is InChI=1S/C43H46O6/c1-25(2)41(44)48-31(9)23-46-39-21-27(5)37(19-29(39)7)43(35-17-13-11-15-33(35)34-16-12-14-18-36(34)43)38-20-30(8)40(22-28(38)6)47-24-32(10)49-42(45)26(3)4/h11-22,31-32H,1,3,23-24H2,2,4-10H3. The summed E-state index contributed by atoms with van der Waals surface area (Å²) in [5, 5.41) is 0. The Kier molecular flexibility index (Phi) is 10.2. The zero-order valence-electron chi connectivity index (χ0n) is 29.9. The highest BCUT2D eigenvalue weighted by Gasteiger charge is 2.47. The van der Waals surface area contributed by atoms with E-state index in [1.54, 1.807) is 13.8 Å². The number of hydrogen-bond donors (Lipinski definition) is 0. The van der Waals surface area contributed by atoms with Crippen molar-refractivity contribution in [1.82, 2.24) is 0 Å². The van der Waals surface area contributed by atoms with E-state index in [0.29, 0.717) is 11.1 Å². The van der Waals surface area contributed by atoms with Crippen LogP contribution in [0.5, 0.6) is 11.5 Å². The van der Waals surface area contributed by atoms with Gasteiger partial charge in [0.2, 0.25) is 0 Å². The number of benzene rings is 4. The molecule has 2 unspecified atom stereocenters. The van der Waals surface area contributed by atoms with E-state index in [0.717, 1.165) is 44.9 Å². The first-order valence-corrected chi connectivity index (χ1v) is 16.7. The molecule has 49 heavy (non-hydrogen) atoms. The smallest absolute Gasteiger partial charge is 0.333 e. The largest absolute Gasteiger partial charge is 0.489 e. The van der Waals surface area contributed by atoms with Crippen LogP contribution in [0.15, 0.2) is 97.1 Å². The second-order valence-corrected chi connectivity index (χ2v) is 13.3. The third kappa shape index (κ3) is 6.78. The topological polar surface area (TPSA) is 71.1 Å². The minimum absolute atomic E-state index is 0.222. The molecule has 0 amide bonds. The molecule has 0 heterocycles. The summed E-state index contributed by atoms with van der Waals surface area (Å²) in [6.07, 6.45) is -0.868. The average Bonchev–Trinajstić information content (AvgIpc) is 3.35. The van der Waals surface area contributed by atoms with E-state index in [9.17, 15) is 9.59 Å². The van der Waals surface area contributed by atoms with Gasteiger partial charge in [0, 0.05) is 11.1 Å². The van der Waals surface area contributed by atoms with Crippen molar-refractivity contribution in [3.8, 4) is 22.6 Å². The van der Waals surface area contributed by atoms with Crippen LogP contribution in [0.25, 0.3) is 11.1 Å². The summed E-state index contributed by atoms with van der Waals surface area (Å²) in [4.78, 5) is 24.1. The zero-order chi connectivity index (χ0) is 35.6. The monoisotopic (exact) mass is 658 g/mol. The van der Waals surface area contributed by atoms with Crippen molar-refractivity contribution in [3.63, 3.8) is 0 Å². The summed E-state index contributed by atoms with van der Waals surface area (Å²) in [6, 6.07) is 26.0. The van der Waals surface area contributed by atoms with Gasteiger partial charge in [-0.3, -0.25) is 0 Å². The van der Waals surface area contributed by atoms with Crippen LogP contribution in [0.4, 0.5) is 0 Å². The molecule has 254 valence electrons. The van der Waals surface area contributed by atoms with Gasteiger partial charge in [0.05, 0.1) is 5.41 Å². The fourth-order valence-corrected chi connectivity index (χ4v) is 6.71. The normalized spacial score (nSPS) is 13.8. The maximum absolute atomic E-state index is 12.0. The first kappa shape index (κ1) is 35.2. The van der Waals surface area contributed by atoms with Gasteiger partial charge in [-0.1, -0.05) is 73.8 Å². The summed E-state index contributed by atoms with van der Waals surface area (Å²) in [6.45, 7) is 23.0. The Morgan fingerprint density at radius 3 is 1.33 bits per heavy atom. The van der Waals surface area contributed by atoms with Crippen LogP contribution < -0.4 is 9.47 Å². The van der Waals surface area contributed by atoms with E-state index in [1.807, 2.05) is 13.8 Å². The Morgan fingerprint density at radius 2 is 0.959 bits per heavy atom. The summed E-state index contributed by atoms with van der Waals surface area (Å²) < 4.78 is 23.4. The summed E-state index contributed by atoms with van der Waals surface area (Å²) in [5.74, 6) is 0.630. The molecule has 6 nitrogen and oxygen atoms in total. The molecule has 1 aliphatic rings. The maximum atomic E-state index is 12.0. The highest BCUT2D eigenvalue weighted by Crippen LogP contribution is 2.58. The number of rotatable bonds is 12. The Balaban J connectivity index is 1.61. The number of ether oxygens (including phenoxy) is 4. The van der Waals surface area contributed by atoms with Crippen molar-refractivity contribution in [2.45, 2.75) is 73.0 Å². The average molecular weight is 659 g/mol. The van der Waals surface area contributed by atoms with Gasteiger partial charge in [-0.25, -0.2) is 9.59 Å². The van der Waals surface area contributed by atoms with Crippen molar-refractivity contribution in [2.75, 3.05) is 13.2 Å². The van der Waals surface area contributed by atoms with Gasteiger partial charge in [-0.05, 0) is 123 Å². The number of carbonyl (C=O) groups excluding carboxylic acids is 2. The van der Waals surface area contributed by atoms with Crippen LogP contribution in [0.2, 0.25) is 0 Å². The molecule has 0 aromatic heterocycles. The molecule has 0 saturated heterocycles. The summed E-state index contributed by atoms with van der Waals surface area (Å²) >= 11 is 0. The molecule has 4 aromatic rings. The molecular formula is C43H46O6. The van der Waals surface area contributed by atoms with Crippen LogP contribution in [-0.2, 0) is 24.5 Å². The van der Waals surface area contributed by atoms with Crippen LogP contribution in [0.1, 0.15) is 72.2 Å². The lowest BCUT2D eigenvalue weighted by Gasteiger charge is -2.37. The van der Waals surface area contributed by atoms with E-state index < -0.39 is 29.6 Å². The molecule has 0 saturated carbocycles. The fraction of sp³-hybridized carbons (Fsp3) is 0.302. The molecule has 0 bridgehead atoms. The van der Waals surface area contributed by atoms with Crippen molar-refractivity contribution in [2.24, 2.45) is 0 Å². The molecule has 0 fully saturated rings. The van der Waals surface area contributed by atoms with Gasteiger partial charge in [0.25, 0.3) is 0 Å². The van der Waals surface area contributed by atoms with Crippen LogP contribution in [0.3, 0.4) is 0 Å². The quantitative estimate of drug-likeness (QED) is 0.0984. The van der Waals surface area contributed by atoms with Gasteiger partial charge in [-0.15, -0.1) is 0 Å². The van der Waals surface area contributed by atoms with Crippen LogP contribution in [-0.4, -0.2) is 37.4 Å². The van der Waals surface area contributed by atoms with Crippen molar-refractivity contribution >= 4 is 11.9 Å². The van der Waals surface area contributed by atoms with E-state index in [1.165, 1.54) is 22.3 Å². The van der Waals surface area contributed by atoms with E-state index in [-0.39, 0.29) is 13.2 Å². The number of fused-ring (bicyclic) bond motifs is 3. The van der Waals surface area contributed by atoms with Gasteiger partial charge >= 0.3 is 11.9 Å². The van der Waals surface area contributed by atoms with Crippen molar-refractivity contribution < 1.29 is 28.5 Å². The van der Waals surface area contributed by atoms with E-state index in [4.69, 9.17) is 18.9 Å². The predicted molar refractivity (Wildman–Crippen MR) is 194 cm³/mol. The number of aryl methyl sites for hydroxylation is 4. The highest BCUT2D eigenvalue weighted by atomic mass is 16.6. The SMILES string of the molecule is C=C(C)C(=O)OC(C)COc1cc(C)c(C2(c3cc(C)c(OCC(C)OC(=O)C(=C)C)cc3C)c3ccccc3-c3ccccc32)cc1C. The van der Waals surface area contributed by atoms with Crippen LogP contribution in [0, 0.1) is 27.7 Å². The molecular weight excluding hydrogens is 612 g/mol. The lowest BCUT2D eigenvalue weighted by Crippen LogP contribution is -2.31. The van der Waals surface area contributed by atoms with Gasteiger partial charge in [0.15, 0.2) is 0 Å². The summed E-state index contributed by atoms with van der Waals surface area (Å²) in [5.41, 5.74) is 11.3. The molecule has 0 N–H and O–H groups in total. The lowest BCUT2D eigenvalue weighted by atomic mass is 9.65. The molecule has 5 rings (SSSR count). The number of esters is 2. The molecule has 0 aliphatic heterocycles.